The van der Waals surface area contributed by atoms with Gasteiger partial charge in [-0.25, -0.2) is 14.4 Å². The Morgan fingerprint density at radius 3 is 2.04 bits per heavy atom. The number of methoxy groups -OCH3 is 2. The van der Waals surface area contributed by atoms with Crippen LogP contribution in [0.25, 0.3) is 0 Å². The maximum atomic E-state index is 11.4. The molecule has 0 radical (unpaired) electrons. The van der Waals surface area contributed by atoms with Gasteiger partial charge in [0.2, 0.25) is 0 Å². The fourth-order valence-electron chi connectivity index (χ4n) is 1.19. The van der Waals surface area contributed by atoms with Gasteiger partial charge in [-0.15, -0.1) is 0 Å². The molecule has 0 saturated carbocycles. The van der Waals surface area contributed by atoms with Gasteiger partial charge in [-0.1, -0.05) is 0 Å². The highest BCUT2D eigenvalue weighted by atomic mass is 17.1. The van der Waals surface area contributed by atoms with Crippen molar-refractivity contribution in [1.29, 1.82) is 0 Å². The van der Waals surface area contributed by atoms with Crippen LogP contribution in [-0.4, -0.2) is 57.3 Å². The molecule has 0 fully saturated rings. The molecule has 0 aliphatic heterocycles. The standard InChI is InChI=1S/C15H20O12/c1-20-6-4-3-5-7-22-13(16)24-10-12(11-25-15(18)27-19)26-14(17)23-9-8-21-2/h4-9,12,19H,3,10-11H2,1-2H3/b6-4-,7-5-,9-8-. The van der Waals surface area contributed by atoms with Crippen LogP contribution in [-0.2, 0) is 38.0 Å². The lowest BCUT2D eigenvalue weighted by atomic mass is 10.4. The van der Waals surface area contributed by atoms with Crippen molar-refractivity contribution in [2.45, 2.75) is 12.5 Å². The summed E-state index contributed by atoms with van der Waals surface area (Å²) in [7, 11) is 2.81. The molecule has 12 nitrogen and oxygen atoms in total. The van der Waals surface area contributed by atoms with Gasteiger partial charge in [0, 0.05) is 0 Å². The van der Waals surface area contributed by atoms with Crippen LogP contribution in [0, 0.1) is 0 Å². The van der Waals surface area contributed by atoms with E-state index in [9.17, 15) is 14.4 Å². The third kappa shape index (κ3) is 14.6. The topological polar surface area (TPSA) is 145 Å². The molecule has 0 rings (SSSR count). The van der Waals surface area contributed by atoms with Crippen LogP contribution in [0.3, 0.4) is 0 Å². The molecule has 1 N–H and O–H groups in total. The molecule has 0 amide bonds. The molecule has 1 unspecified atom stereocenters. The first-order valence-corrected chi connectivity index (χ1v) is 7.23. The lowest BCUT2D eigenvalue weighted by Crippen LogP contribution is -2.30. The number of ether oxygens (including phenoxy) is 7. The van der Waals surface area contributed by atoms with Gasteiger partial charge in [0.15, 0.2) is 6.10 Å². The number of hydrogen-bond acceptors (Lipinski definition) is 12. The summed E-state index contributed by atoms with van der Waals surface area (Å²) in [5.41, 5.74) is 0. The van der Waals surface area contributed by atoms with E-state index in [1.165, 1.54) is 26.6 Å². The Morgan fingerprint density at radius 1 is 0.815 bits per heavy atom. The highest BCUT2D eigenvalue weighted by Gasteiger charge is 2.21. The quantitative estimate of drug-likeness (QED) is 0.181. The molecule has 0 aromatic carbocycles. The third-order valence-corrected chi connectivity index (χ3v) is 2.23. The number of carbonyl (C=O) groups excluding carboxylic acids is 3. The highest BCUT2D eigenvalue weighted by molar-refractivity contribution is 5.62. The maximum Gasteiger partial charge on any atom is 0.540 e. The van der Waals surface area contributed by atoms with Crippen LogP contribution in [0.15, 0.2) is 37.2 Å². The minimum Gasteiger partial charge on any atom is -0.505 e. The average Bonchev–Trinajstić information content (AvgIpc) is 2.66. The third-order valence-electron chi connectivity index (χ3n) is 2.23. The Balaban J connectivity index is 4.40. The molecule has 0 saturated heterocycles. The molecular formula is C15H20O12. The molecule has 1 atom stereocenters. The summed E-state index contributed by atoms with van der Waals surface area (Å²) < 4.78 is 32.1. The zero-order chi connectivity index (χ0) is 20.3. The van der Waals surface area contributed by atoms with E-state index in [2.05, 4.69) is 28.6 Å². The fourth-order valence-corrected chi connectivity index (χ4v) is 1.19. The summed E-state index contributed by atoms with van der Waals surface area (Å²) in [5.74, 6) is 0. The Kier molecular flexibility index (Phi) is 14.0. The zero-order valence-electron chi connectivity index (χ0n) is 14.6. The monoisotopic (exact) mass is 392 g/mol. The van der Waals surface area contributed by atoms with Crippen LogP contribution in [0.2, 0.25) is 0 Å². The molecule has 152 valence electrons. The van der Waals surface area contributed by atoms with E-state index in [1.54, 1.807) is 6.08 Å². The molecule has 0 spiro atoms. The van der Waals surface area contributed by atoms with Crippen LogP contribution >= 0.6 is 0 Å². The molecule has 0 heterocycles. The first kappa shape index (κ1) is 23.6. The second-order valence-corrected chi connectivity index (χ2v) is 4.16. The second kappa shape index (κ2) is 16.1. The minimum atomic E-state index is -1.45. The largest absolute Gasteiger partial charge is 0.540 e. The number of hydrogen-bond donors (Lipinski definition) is 1. The van der Waals surface area contributed by atoms with E-state index in [4.69, 9.17) is 14.7 Å². The number of allylic oxidation sites excluding steroid dienone is 2. The SMILES string of the molecule is CO/C=C\C/C=C\OC(=O)OCC(COC(=O)OO)OC(=O)O/C=C\OC. The minimum absolute atomic E-state index is 0.449. The molecular weight excluding hydrogens is 372 g/mol. The van der Waals surface area contributed by atoms with Gasteiger partial charge in [0.05, 0.1) is 26.7 Å². The first-order valence-electron chi connectivity index (χ1n) is 7.23. The van der Waals surface area contributed by atoms with Crippen molar-refractivity contribution in [3.63, 3.8) is 0 Å². The summed E-state index contributed by atoms with van der Waals surface area (Å²) in [6.07, 6.45) is 3.07. The van der Waals surface area contributed by atoms with Gasteiger partial charge in [-0.05, 0) is 18.6 Å². The highest BCUT2D eigenvalue weighted by Crippen LogP contribution is 2.02. The Labute approximate surface area is 154 Å². The summed E-state index contributed by atoms with van der Waals surface area (Å²) in [4.78, 5) is 36.9. The van der Waals surface area contributed by atoms with Crippen molar-refractivity contribution < 1.29 is 57.7 Å². The van der Waals surface area contributed by atoms with Crippen molar-refractivity contribution in [1.82, 2.24) is 0 Å². The smallest absolute Gasteiger partial charge is 0.505 e. The molecule has 27 heavy (non-hydrogen) atoms. The lowest BCUT2D eigenvalue weighted by molar-refractivity contribution is -0.203. The van der Waals surface area contributed by atoms with Crippen LogP contribution in [0.1, 0.15) is 6.42 Å². The molecule has 0 bridgehead atoms. The summed E-state index contributed by atoms with van der Waals surface area (Å²) in [5, 5.41) is 8.11. The van der Waals surface area contributed by atoms with Gasteiger partial charge in [0.25, 0.3) is 0 Å². The van der Waals surface area contributed by atoms with Crippen molar-refractivity contribution in [2.75, 3.05) is 27.4 Å². The predicted molar refractivity (Wildman–Crippen MR) is 84.9 cm³/mol. The lowest BCUT2D eigenvalue weighted by Gasteiger charge is -2.15. The van der Waals surface area contributed by atoms with E-state index in [1.807, 2.05) is 0 Å². The van der Waals surface area contributed by atoms with E-state index >= 15 is 0 Å². The van der Waals surface area contributed by atoms with Gasteiger partial charge in [0.1, 0.15) is 25.7 Å². The van der Waals surface area contributed by atoms with Crippen molar-refractivity contribution in [3.8, 4) is 0 Å². The Morgan fingerprint density at radius 2 is 1.41 bits per heavy atom. The van der Waals surface area contributed by atoms with Crippen molar-refractivity contribution in [2.24, 2.45) is 0 Å². The number of carbonyl (C=O) groups is 3. The van der Waals surface area contributed by atoms with Crippen LogP contribution in [0.4, 0.5) is 14.4 Å². The summed E-state index contributed by atoms with van der Waals surface area (Å²) in [6.45, 7) is -1.15. The average molecular weight is 392 g/mol. The molecule has 12 heteroatoms. The Hall–Kier alpha value is -3.41. The van der Waals surface area contributed by atoms with Gasteiger partial charge < -0.3 is 33.2 Å². The van der Waals surface area contributed by atoms with E-state index in [-0.39, 0.29) is 0 Å². The van der Waals surface area contributed by atoms with Gasteiger partial charge in [-0.3, -0.25) is 4.89 Å². The molecule has 0 aromatic heterocycles. The maximum absolute atomic E-state index is 11.4. The molecule has 0 aromatic rings. The van der Waals surface area contributed by atoms with E-state index < -0.39 is 37.8 Å². The summed E-state index contributed by atoms with van der Waals surface area (Å²) >= 11 is 0. The Bertz CT molecular complexity index is 525. The van der Waals surface area contributed by atoms with E-state index in [0.29, 0.717) is 6.42 Å². The van der Waals surface area contributed by atoms with Crippen molar-refractivity contribution >= 4 is 18.5 Å². The normalized spacial score (nSPS) is 11.8. The van der Waals surface area contributed by atoms with Gasteiger partial charge >= 0.3 is 18.5 Å². The fraction of sp³-hybridized carbons (Fsp3) is 0.400. The van der Waals surface area contributed by atoms with Crippen molar-refractivity contribution in [3.05, 3.63) is 37.2 Å². The number of rotatable bonds is 11. The summed E-state index contributed by atoms with van der Waals surface area (Å²) in [6, 6.07) is 0. The van der Waals surface area contributed by atoms with Gasteiger partial charge in [-0.2, -0.15) is 5.26 Å². The first-order chi connectivity index (χ1) is 13.0. The second-order valence-electron chi connectivity index (χ2n) is 4.16. The molecule has 0 aliphatic carbocycles. The van der Waals surface area contributed by atoms with Crippen LogP contribution < -0.4 is 0 Å². The van der Waals surface area contributed by atoms with Crippen LogP contribution in [0.5, 0.6) is 0 Å². The zero-order valence-corrected chi connectivity index (χ0v) is 14.6. The predicted octanol–water partition coefficient (Wildman–Crippen LogP) is 2.47. The van der Waals surface area contributed by atoms with E-state index in [0.717, 1.165) is 18.8 Å². The molecule has 0 aliphatic rings.